The van der Waals surface area contributed by atoms with Gasteiger partial charge in [-0.3, -0.25) is 24.1 Å². The maximum atomic E-state index is 13.8. The fraction of sp³-hybridized carbons (Fsp3) is 0.660. The number of nitrogens with two attached hydrogens (primary N) is 6. The Hall–Kier alpha value is -3.74. The second-order valence-electron chi connectivity index (χ2n) is 19.6. The first-order valence-corrected chi connectivity index (χ1v) is 27.0. The molecule has 5 aliphatic rings. The van der Waals surface area contributed by atoms with Crippen molar-refractivity contribution in [3.63, 3.8) is 0 Å². The lowest BCUT2D eigenvalue weighted by Gasteiger charge is -2.42. The molecule has 4 amide bonds. The normalized spacial score (nSPS) is 32.3. The SMILES string of the molecule is C=C(NCCSCC1OC(OC[C@H](O)C(N)CC(N)[C@H](C)OC2OC(CN)C(O)C(O)C2N)C(O)C1O[C@H]1O[C@@H](CN)C(O)C(O)C1N)NCSN1C(=O)c2ccc3c4c(ccc(c24)C1=O)C(=O)N(CCN(C)C)C3=O. The van der Waals surface area contributed by atoms with E-state index in [1.807, 2.05) is 19.0 Å². The first-order valence-electron chi connectivity index (χ1n) is 24.9. The Balaban J connectivity index is 0.889. The number of carbonyl (C=O) groups excluding carboxylic acids is 4. The number of rotatable bonds is 26. The van der Waals surface area contributed by atoms with E-state index in [0.717, 1.165) is 16.3 Å². The highest BCUT2D eigenvalue weighted by atomic mass is 32.2. The van der Waals surface area contributed by atoms with Crippen molar-refractivity contribution in [3.8, 4) is 0 Å². The summed E-state index contributed by atoms with van der Waals surface area (Å²) in [6, 6.07) is 1.97. The van der Waals surface area contributed by atoms with Gasteiger partial charge in [-0.1, -0.05) is 6.58 Å². The zero-order valence-corrected chi connectivity index (χ0v) is 44.0. The zero-order chi connectivity index (χ0) is 55.4. The smallest absolute Gasteiger partial charge is 0.271 e. The first kappa shape index (κ1) is 59.9. The van der Waals surface area contributed by atoms with Gasteiger partial charge in [0.25, 0.3) is 23.6 Å². The largest absolute Gasteiger partial charge is 0.389 e. The summed E-state index contributed by atoms with van der Waals surface area (Å²) < 4.78 is 36.4. The van der Waals surface area contributed by atoms with Crippen molar-refractivity contribution in [2.75, 3.05) is 70.8 Å². The van der Waals surface area contributed by atoms with E-state index in [9.17, 15) is 49.8 Å². The van der Waals surface area contributed by atoms with E-state index in [2.05, 4.69) is 17.2 Å². The van der Waals surface area contributed by atoms with Gasteiger partial charge in [-0.2, -0.15) is 11.8 Å². The lowest BCUT2D eigenvalue weighted by atomic mass is 9.86. The lowest BCUT2D eigenvalue weighted by molar-refractivity contribution is -0.278. The average molecular weight is 1110 g/mol. The molecule has 7 rings (SSSR count). The summed E-state index contributed by atoms with van der Waals surface area (Å²) in [5.41, 5.74) is 37.2. The number of aliphatic hydroxyl groups excluding tert-OH is 6. The number of benzene rings is 2. The molecule has 14 unspecified atom stereocenters. The quantitative estimate of drug-likeness (QED) is 0.0181. The van der Waals surface area contributed by atoms with Gasteiger partial charge in [-0.25, -0.2) is 4.31 Å². The van der Waals surface area contributed by atoms with Gasteiger partial charge >= 0.3 is 0 Å². The van der Waals surface area contributed by atoms with Crippen LogP contribution in [0.15, 0.2) is 36.7 Å². The van der Waals surface area contributed by atoms with Crippen molar-refractivity contribution in [1.29, 1.82) is 0 Å². The molecular weight excluding hydrogens is 1040 g/mol. The Labute approximate surface area is 447 Å². The molecule has 5 aliphatic heterocycles. The molecular formula is C47H73N11O16S2. The Morgan fingerprint density at radius 2 is 1.29 bits per heavy atom. The predicted molar refractivity (Wildman–Crippen MR) is 276 cm³/mol. The summed E-state index contributed by atoms with van der Waals surface area (Å²) >= 11 is 2.31. The molecule has 0 spiro atoms. The van der Waals surface area contributed by atoms with Gasteiger partial charge in [0.1, 0.15) is 48.8 Å². The highest BCUT2D eigenvalue weighted by Gasteiger charge is 2.51. The molecule has 3 saturated heterocycles. The molecule has 2 aromatic carbocycles. The molecule has 424 valence electrons. The van der Waals surface area contributed by atoms with Crippen LogP contribution in [0.25, 0.3) is 10.8 Å². The van der Waals surface area contributed by atoms with E-state index in [4.69, 9.17) is 62.8 Å². The minimum Gasteiger partial charge on any atom is -0.389 e. The van der Waals surface area contributed by atoms with Crippen molar-refractivity contribution in [2.45, 2.75) is 124 Å². The Kier molecular flexibility index (Phi) is 20.5. The van der Waals surface area contributed by atoms with Crippen LogP contribution in [0.4, 0.5) is 0 Å². The number of imide groups is 2. The number of aliphatic hydroxyl groups is 6. The van der Waals surface area contributed by atoms with Crippen LogP contribution in [-0.2, 0) is 28.4 Å². The van der Waals surface area contributed by atoms with Gasteiger partial charge in [0.15, 0.2) is 18.9 Å². The minimum absolute atomic E-state index is 0.0126. The van der Waals surface area contributed by atoms with Crippen molar-refractivity contribution in [3.05, 3.63) is 58.9 Å². The van der Waals surface area contributed by atoms with Gasteiger partial charge in [-0.15, -0.1) is 0 Å². The number of hydrogen-bond donors (Lipinski definition) is 14. The lowest BCUT2D eigenvalue weighted by Crippen LogP contribution is -2.64. The molecule has 0 aromatic heterocycles. The third-order valence-electron chi connectivity index (χ3n) is 14.0. The molecule has 0 saturated carbocycles. The van der Waals surface area contributed by atoms with E-state index in [0.29, 0.717) is 30.0 Å². The molecule has 0 radical (unpaired) electrons. The van der Waals surface area contributed by atoms with Crippen molar-refractivity contribution in [2.24, 2.45) is 34.4 Å². The molecule has 5 heterocycles. The van der Waals surface area contributed by atoms with Gasteiger partial charge in [0.05, 0.1) is 48.7 Å². The topological polar surface area (TPSA) is 435 Å². The van der Waals surface area contributed by atoms with Crippen LogP contribution in [0.3, 0.4) is 0 Å². The molecule has 0 bridgehead atoms. The zero-order valence-electron chi connectivity index (χ0n) is 42.4. The van der Waals surface area contributed by atoms with Crippen molar-refractivity contribution >= 4 is 58.1 Å². The molecule has 76 heavy (non-hydrogen) atoms. The third kappa shape index (κ3) is 12.8. The fourth-order valence-corrected chi connectivity index (χ4v) is 11.1. The van der Waals surface area contributed by atoms with E-state index in [1.54, 1.807) is 6.92 Å². The summed E-state index contributed by atoms with van der Waals surface area (Å²) in [5.74, 6) is -1.07. The van der Waals surface area contributed by atoms with E-state index < -0.39 is 140 Å². The van der Waals surface area contributed by atoms with Crippen LogP contribution in [0, 0.1) is 0 Å². The summed E-state index contributed by atoms with van der Waals surface area (Å²) in [6.07, 6.45) is -16.9. The van der Waals surface area contributed by atoms with Crippen LogP contribution in [-0.4, -0.2) is 249 Å². The molecule has 29 heteroatoms. The highest BCUT2D eigenvalue weighted by Crippen LogP contribution is 2.39. The Morgan fingerprint density at radius 1 is 0.763 bits per heavy atom. The van der Waals surface area contributed by atoms with Gasteiger partial charge in [0.2, 0.25) is 0 Å². The average Bonchev–Trinajstić information content (AvgIpc) is 3.76. The first-order chi connectivity index (χ1) is 36.1. The van der Waals surface area contributed by atoms with Gasteiger partial charge in [0, 0.05) is 89.3 Å². The summed E-state index contributed by atoms with van der Waals surface area (Å²) in [7, 11) is 3.67. The summed E-state index contributed by atoms with van der Waals surface area (Å²) in [6.45, 7) is 5.93. The maximum Gasteiger partial charge on any atom is 0.271 e. The van der Waals surface area contributed by atoms with Crippen LogP contribution < -0.4 is 45.0 Å². The third-order valence-corrected chi connectivity index (χ3v) is 15.9. The number of ether oxygens (including phenoxy) is 6. The number of nitrogens with one attached hydrogen (secondary N) is 2. The van der Waals surface area contributed by atoms with E-state index in [-0.39, 0.29) is 65.3 Å². The fourth-order valence-electron chi connectivity index (χ4n) is 9.38. The van der Waals surface area contributed by atoms with Crippen LogP contribution in [0.1, 0.15) is 54.8 Å². The van der Waals surface area contributed by atoms with Crippen molar-refractivity contribution in [1.82, 2.24) is 24.7 Å². The van der Waals surface area contributed by atoms with Crippen LogP contribution in [0.5, 0.6) is 0 Å². The monoisotopic (exact) mass is 1110 g/mol. The van der Waals surface area contributed by atoms with E-state index in [1.165, 1.54) is 40.9 Å². The second-order valence-corrected chi connectivity index (χ2v) is 21.6. The minimum atomic E-state index is -1.48. The number of nitrogens with zero attached hydrogens (tertiary/aromatic N) is 3. The second kappa shape index (κ2) is 26.0. The number of likely N-dealkylation sites (N-methyl/N-ethyl adjacent to an activating group) is 1. The summed E-state index contributed by atoms with van der Waals surface area (Å²) in [5, 5.41) is 70.9. The number of amides is 4. The number of carbonyl (C=O) groups is 4. The van der Waals surface area contributed by atoms with Gasteiger partial charge in [-0.05, 0) is 63.7 Å². The molecule has 20 N–H and O–H groups in total. The van der Waals surface area contributed by atoms with Crippen molar-refractivity contribution < 1.29 is 78.2 Å². The van der Waals surface area contributed by atoms with E-state index >= 15 is 0 Å². The Morgan fingerprint density at radius 3 is 1.84 bits per heavy atom. The summed E-state index contributed by atoms with van der Waals surface area (Å²) in [4.78, 5) is 57.5. The van der Waals surface area contributed by atoms with Crippen LogP contribution >= 0.6 is 23.7 Å². The molecule has 0 aliphatic carbocycles. The highest BCUT2D eigenvalue weighted by molar-refractivity contribution is 7.99. The predicted octanol–water partition coefficient (Wildman–Crippen LogP) is -5.65. The number of hydrogen-bond acceptors (Lipinski definition) is 27. The maximum absolute atomic E-state index is 13.8. The number of thioether (sulfide) groups is 1. The molecule has 27 nitrogen and oxygen atoms in total. The van der Waals surface area contributed by atoms with Crippen LogP contribution in [0.2, 0.25) is 0 Å². The molecule has 2 aromatic rings. The Bertz CT molecular complexity index is 2330. The molecule has 18 atom stereocenters. The standard InChI is InChI=1S/C47H73N11O16S2/c1-19(70-45-33(52)37(62)35(60)28(14-48)71-45)25(50)13-26(51)27(59)16-69-47-39(64)40(74-46-34(53)38(63)36(61)29(15-49)72-46)30(73-47)17-75-12-9-54-20(2)55-18-76-58-43(67)23-7-5-21-31-22(6-8-24(32(23)31)44(58)68)42(66)57(41(21)65)11-10-56(3)4/h5-8,19,25-30,33-40,45-47,54-55,59-64H,2,9-18,48-53H2,1,3-4H3/t19-,25?,26?,27-,28?,29-,30?,33?,34?,35?,36?,37?,38?,39?,40?,45?,46+,47?/m0/s1. The van der Waals surface area contributed by atoms with Gasteiger partial charge < -0.3 is 109 Å². The molecule has 3 fully saturated rings.